The number of benzene rings is 2. The van der Waals surface area contributed by atoms with Crippen molar-refractivity contribution >= 4 is 17.8 Å². The molecule has 0 saturated carbocycles. The summed E-state index contributed by atoms with van der Waals surface area (Å²) in [6.07, 6.45) is 0.728. The predicted octanol–water partition coefficient (Wildman–Crippen LogP) is 3.60. The third-order valence-corrected chi connectivity index (χ3v) is 3.47. The van der Waals surface area contributed by atoms with Crippen molar-refractivity contribution < 1.29 is 4.79 Å². The molecule has 0 saturated heterocycles. The van der Waals surface area contributed by atoms with Crippen LogP contribution in [-0.2, 0) is 4.79 Å². The summed E-state index contributed by atoms with van der Waals surface area (Å²) < 4.78 is 0. The number of carbonyl (C=O) groups excluding carboxylic acids is 1. The summed E-state index contributed by atoms with van der Waals surface area (Å²) in [4.78, 5) is 12.9. The molecular formula is C17H20N2O. The van der Waals surface area contributed by atoms with Gasteiger partial charge in [0.15, 0.2) is 0 Å². The van der Waals surface area contributed by atoms with Crippen molar-refractivity contribution in [3.63, 3.8) is 0 Å². The molecule has 2 rings (SSSR count). The summed E-state index contributed by atoms with van der Waals surface area (Å²) in [5.41, 5.74) is 6.58. The van der Waals surface area contributed by atoms with Crippen molar-refractivity contribution in [3.8, 4) is 11.1 Å². The maximum absolute atomic E-state index is 10.9. The number of hydrogen-bond acceptors (Lipinski definition) is 2. The number of anilines is 2. The Balaban J connectivity index is 2.77. The van der Waals surface area contributed by atoms with Gasteiger partial charge in [0.1, 0.15) is 0 Å². The molecule has 0 fully saturated rings. The Labute approximate surface area is 120 Å². The van der Waals surface area contributed by atoms with E-state index in [2.05, 4.69) is 48.3 Å². The maximum Gasteiger partial charge on any atom is 0.211 e. The fraction of sp³-hybridized carbons (Fsp3) is 0.235. The van der Waals surface area contributed by atoms with E-state index in [-0.39, 0.29) is 0 Å². The van der Waals surface area contributed by atoms with E-state index < -0.39 is 0 Å². The van der Waals surface area contributed by atoms with Crippen molar-refractivity contribution in [2.45, 2.75) is 13.8 Å². The Morgan fingerprint density at radius 3 is 2.15 bits per heavy atom. The first kappa shape index (κ1) is 14.1. The van der Waals surface area contributed by atoms with E-state index in [1.165, 1.54) is 11.1 Å². The first-order chi connectivity index (χ1) is 9.56. The lowest BCUT2D eigenvalue weighted by Gasteiger charge is -2.22. The van der Waals surface area contributed by atoms with Crippen LogP contribution in [0.4, 0.5) is 11.4 Å². The van der Waals surface area contributed by atoms with Crippen LogP contribution in [0.25, 0.3) is 11.1 Å². The van der Waals surface area contributed by atoms with Gasteiger partial charge in [-0.1, -0.05) is 24.3 Å². The van der Waals surface area contributed by atoms with E-state index in [1.807, 2.05) is 26.2 Å². The molecule has 0 unspecified atom stereocenters. The number of aryl methyl sites for hydroxylation is 2. The van der Waals surface area contributed by atoms with Crippen LogP contribution >= 0.6 is 0 Å². The molecule has 0 atom stereocenters. The van der Waals surface area contributed by atoms with Gasteiger partial charge in [0, 0.05) is 36.6 Å². The van der Waals surface area contributed by atoms with Gasteiger partial charge in [0.05, 0.1) is 0 Å². The van der Waals surface area contributed by atoms with Gasteiger partial charge in [-0.3, -0.25) is 4.79 Å². The maximum atomic E-state index is 10.9. The second-order valence-electron chi connectivity index (χ2n) is 5.12. The molecule has 0 aliphatic rings. The minimum Gasteiger partial charge on any atom is -0.377 e. The molecule has 1 N–H and O–H groups in total. The molecule has 0 aromatic heterocycles. The molecule has 0 aliphatic carbocycles. The molecular weight excluding hydrogens is 248 g/mol. The van der Waals surface area contributed by atoms with Gasteiger partial charge in [-0.2, -0.15) is 0 Å². The normalized spacial score (nSPS) is 10.2. The molecule has 2 aromatic rings. The quantitative estimate of drug-likeness (QED) is 0.859. The van der Waals surface area contributed by atoms with Crippen LogP contribution in [0.3, 0.4) is 0 Å². The molecule has 20 heavy (non-hydrogen) atoms. The lowest BCUT2D eigenvalue weighted by atomic mass is 9.93. The Morgan fingerprint density at radius 1 is 0.950 bits per heavy atom. The minimum atomic E-state index is 0.728. The van der Waals surface area contributed by atoms with Crippen LogP contribution in [-0.4, -0.2) is 20.5 Å². The van der Waals surface area contributed by atoms with E-state index in [0.717, 1.165) is 28.9 Å². The summed E-state index contributed by atoms with van der Waals surface area (Å²) in [7, 11) is 4.06. The van der Waals surface area contributed by atoms with E-state index in [0.29, 0.717) is 0 Å². The number of amides is 1. The SMILES string of the molecule is Cc1cccc(NC=O)c1-c1c(C)cccc1N(C)C. The number of nitrogens with zero attached hydrogens (tertiary/aromatic N) is 1. The summed E-state index contributed by atoms with van der Waals surface area (Å²) in [5.74, 6) is 0. The van der Waals surface area contributed by atoms with Crippen LogP contribution < -0.4 is 10.2 Å². The lowest BCUT2D eigenvalue weighted by molar-refractivity contribution is -0.105. The predicted molar refractivity (Wildman–Crippen MR) is 85.4 cm³/mol. The summed E-state index contributed by atoms with van der Waals surface area (Å²) >= 11 is 0. The van der Waals surface area contributed by atoms with Crippen molar-refractivity contribution in [2.24, 2.45) is 0 Å². The number of hydrogen-bond donors (Lipinski definition) is 1. The average molecular weight is 268 g/mol. The fourth-order valence-electron chi connectivity index (χ4n) is 2.53. The summed E-state index contributed by atoms with van der Waals surface area (Å²) in [6.45, 7) is 4.16. The molecule has 0 bridgehead atoms. The van der Waals surface area contributed by atoms with Gasteiger partial charge >= 0.3 is 0 Å². The highest BCUT2D eigenvalue weighted by Gasteiger charge is 2.15. The highest BCUT2D eigenvalue weighted by Crippen LogP contribution is 2.39. The summed E-state index contributed by atoms with van der Waals surface area (Å²) in [5, 5.41) is 2.81. The van der Waals surface area contributed by atoms with Crippen molar-refractivity contribution in [2.75, 3.05) is 24.3 Å². The Morgan fingerprint density at radius 2 is 1.55 bits per heavy atom. The van der Waals surface area contributed by atoms with Gasteiger partial charge < -0.3 is 10.2 Å². The molecule has 104 valence electrons. The highest BCUT2D eigenvalue weighted by atomic mass is 16.1. The minimum absolute atomic E-state index is 0.728. The Bertz CT molecular complexity index is 633. The molecule has 3 nitrogen and oxygen atoms in total. The van der Waals surface area contributed by atoms with Gasteiger partial charge in [-0.25, -0.2) is 0 Å². The van der Waals surface area contributed by atoms with Gasteiger partial charge in [-0.15, -0.1) is 0 Å². The highest BCUT2D eigenvalue weighted by molar-refractivity contribution is 5.93. The second-order valence-corrected chi connectivity index (χ2v) is 5.12. The van der Waals surface area contributed by atoms with E-state index in [4.69, 9.17) is 0 Å². The molecule has 0 aliphatic heterocycles. The zero-order valence-corrected chi connectivity index (χ0v) is 12.4. The summed E-state index contributed by atoms with van der Waals surface area (Å²) in [6, 6.07) is 12.2. The number of nitrogens with one attached hydrogen (secondary N) is 1. The number of rotatable bonds is 4. The van der Waals surface area contributed by atoms with Crippen LogP contribution in [0.5, 0.6) is 0 Å². The number of carbonyl (C=O) groups is 1. The lowest BCUT2D eigenvalue weighted by Crippen LogP contribution is -2.11. The first-order valence-electron chi connectivity index (χ1n) is 6.63. The van der Waals surface area contributed by atoms with E-state index in [9.17, 15) is 4.79 Å². The smallest absolute Gasteiger partial charge is 0.211 e. The van der Waals surface area contributed by atoms with Crippen molar-refractivity contribution in [1.29, 1.82) is 0 Å². The topological polar surface area (TPSA) is 32.3 Å². The van der Waals surface area contributed by atoms with Crippen LogP contribution in [0.2, 0.25) is 0 Å². The third kappa shape index (κ3) is 2.52. The van der Waals surface area contributed by atoms with E-state index >= 15 is 0 Å². The molecule has 3 heteroatoms. The standard InChI is InChI=1S/C17H20N2O/c1-12-7-5-9-14(18-11-20)16(12)17-13(2)8-6-10-15(17)19(3)4/h5-11H,1-4H3,(H,18,20). The van der Waals surface area contributed by atoms with Crippen LogP contribution in [0, 0.1) is 13.8 Å². The largest absolute Gasteiger partial charge is 0.377 e. The van der Waals surface area contributed by atoms with Crippen molar-refractivity contribution in [3.05, 3.63) is 47.5 Å². The zero-order valence-electron chi connectivity index (χ0n) is 12.4. The molecule has 0 radical (unpaired) electrons. The molecule has 0 heterocycles. The Kier molecular flexibility index (Phi) is 4.08. The average Bonchev–Trinajstić information content (AvgIpc) is 2.40. The third-order valence-electron chi connectivity index (χ3n) is 3.47. The van der Waals surface area contributed by atoms with Gasteiger partial charge in [0.2, 0.25) is 6.41 Å². The molecule has 0 spiro atoms. The van der Waals surface area contributed by atoms with Gasteiger partial charge in [-0.05, 0) is 37.1 Å². The fourth-order valence-corrected chi connectivity index (χ4v) is 2.53. The van der Waals surface area contributed by atoms with Crippen LogP contribution in [0.1, 0.15) is 11.1 Å². The van der Waals surface area contributed by atoms with E-state index in [1.54, 1.807) is 0 Å². The van der Waals surface area contributed by atoms with Crippen molar-refractivity contribution in [1.82, 2.24) is 0 Å². The molecule has 2 aromatic carbocycles. The monoisotopic (exact) mass is 268 g/mol. The second kappa shape index (κ2) is 5.78. The van der Waals surface area contributed by atoms with Gasteiger partial charge in [0.25, 0.3) is 0 Å². The molecule has 1 amide bonds. The Hall–Kier alpha value is -2.29. The zero-order chi connectivity index (χ0) is 14.7. The first-order valence-corrected chi connectivity index (χ1v) is 6.63. The van der Waals surface area contributed by atoms with Crippen LogP contribution in [0.15, 0.2) is 36.4 Å².